The largest absolute Gasteiger partial charge is 0.311 e. The van der Waals surface area contributed by atoms with Gasteiger partial charge in [0.25, 0.3) is 0 Å². The minimum absolute atomic E-state index is 0.472. The first-order valence-corrected chi connectivity index (χ1v) is 8.81. The van der Waals surface area contributed by atoms with Crippen molar-refractivity contribution in [2.45, 2.75) is 70.2 Å². The van der Waals surface area contributed by atoms with E-state index >= 15 is 0 Å². The Bertz CT molecular complexity index is 218. The van der Waals surface area contributed by atoms with Gasteiger partial charge in [-0.25, -0.2) is 0 Å². The monoisotopic (exact) mass is 272 g/mol. The lowest BCUT2D eigenvalue weighted by molar-refractivity contribution is 0.167. The van der Waals surface area contributed by atoms with Crippen LogP contribution < -0.4 is 5.32 Å². The number of likely N-dealkylation sites (tertiary alicyclic amines) is 1. The zero-order valence-corrected chi connectivity index (χ0v) is 13.8. The van der Waals surface area contributed by atoms with Gasteiger partial charge in [0.15, 0.2) is 0 Å². The van der Waals surface area contributed by atoms with Gasteiger partial charge in [-0.2, -0.15) is 11.8 Å². The number of piperidine rings is 1. The second-order valence-electron chi connectivity index (χ2n) is 5.99. The van der Waals surface area contributed by atoms with Gasteiger partial charge in [-0.1, -0.05) is 27.7 Å². The molecule has 1 N–H and O–H groups in total. The van der Waals surface area contributed by atoms with Gasteiger partial charge in [0.2, 0.25) is 0 Å². The molecular weight excluding hydrogens is 240 g/mol. The van der Waals surface area contributed by atoms with Crippen LogP contribution in [-0.2, 0) is 0 Å². The van der Waals surface area contributed by atoms with E-state index in [4.69, 9.17) is 0 Å². The SMILES string of the molecule is CCC(CC)(CN1CCCC(NC(C)C)C1)SC. The van der Waals surface area contributed by atoms with Gasteiger partial charge in [0.05, 0.1) is 0 Å². The molecule has 1 heterocycles. The quantitative estimate of drug-likeness (QED) is 0.765. The Morgan fingerprint density at radius 2 is 2.00 bits per heavy atom. The summed E-state index contributed by atoms with van der Waals surface area (Å²) in [6, 6.07) is 1.31. The predicted octanol–water partition coefficient (Wildman–Crippen LogP) is 3.37. The number of nitrogens with zero attached hydrogens (tertiary/aromatic N) is 1. The first kappa shape index (κ1) is 16.3. The molecule has 18 heavy (non-hydrogen) atoms. The highest BCUT2D eigenvalue weighted by Crippen LogP contribution is 2.32. The average Bonchev–Trinajstić information content (AvgIpc) is 2.36. The normalized spacial score (nSPS) is 22.7. The third-order valence-electron chi connectivity index (χ3n) is 4.31. The van der Waals surface area contributed by atoms with Gasteiger partial charge < -0.3 is 10.2 Å². The lowest BCUT2D eigenvalue weighted by atomic mass is 9.98. The number of nitrogens with one attached hydrogen (secondary N) is 1. The van der Waals surface area contributed by atoms with Crippen molar-refractivity contribution in [2.75, 3.05) is 25.9 Å². The van der Waals surface area contributed by atoms with E-state index in [1.807, 2.05) is 0 Å². The van der Waals surface area contributed by atoms with E-state index in [2.05, 4.69) is 55.9 Å². The maximum Gasteiger partial charge on any atom is 0.0279 e. The van der Waals surface area contributed by atoms with Crippen LogP contribution in [-0.4, -0.2) is 47.6 Å². The summed E-state index contributed by atoms with van der Waals surface area (Å²) in [7, 11) is 0. The molecular formula is C15H32N2S. The zero-order valence-electron chi connectivity index (χ0n) is 13.0. The molecule has 0 aliphatic carbocycles. The molecule has 2 nitrogen and oxygen atoms in total. The molecule has 1 unspecified atom stereocenters. The summed E-state index contributed by atoms with van der Waals surface area (Å²) in [4.78, 5) is 2.69. The van der Waals surface area contributed by atoms with Crippen molar-refractivity contribution in [3.8, 4) is 0 Å². The highest BCUT2D eigenvalue weighted by molar-refractivity contribution is 8.00. The fourth-order valence-corrected chi connectivity index (χ4v) is 3.93. The van der Waals surface area contributed by atoms with E-state index in [1.165, 1.54) is 45.3 Å². The number of rotatable bonds is 7. The van der Waals surface area contributed by atoms with E-state index in [9.17, 15) is 0 Å². The fraction of sp³-hybridized carbons (Fsp3) is 1.00. The lowest BCUT2D eigenvalue weighted by Gasteiger charge is -2.40. The van der Waals surface area contributed by atoms with Crippen molar-refractivity contribution in [1.82, 2.24) is 10.2 Å². The Balaban J connectivity index is 2.50. The number of thioether (sulfide) groups is 1. The minimum Gasteiger partial charge on any atom is -0.311 e. The summed E-state index contributed by atoms with van der Waals surface area (Å²) in [6.07, 6.45) is 7.54. The van der Waals surface area contributed by atoms with E-state index in [0.717, 1.165) is 0 Å². The molecule has 0 saturated carbocycles. The van der Waals surface area contributed by atoms with Crippen molar-refractivity contribution in [2.24, 2.45) is 0 Å². The van der Waals surface area contributed by atoms with Gasteiger partial charge in [-0.3, -0.25) is 0 Å². The fourth-order valence-electron chi connectivity index (χ4n) is 3.04. The molecule has 0 spiro atoms. The summed E-state index contributed by atoms with van der Waals surface area (Å²) in [5.74, 6) is 0. The zero-order chi connectivity index (χ0) is 13.6. The molecule has 0 bridgehead atoms. The Morgan fingerprint density at radius 3 is 2.50 bits per heavy atom. The van der Waals surface area contributed by atoms with Crippen LogP contribution in [0.1, 0.15) is 53.4 Å². The van der Waals surface area contributed by atoms with E-state index < -0.39 is 0 Å². The maximum atomic E-state index is 3.70. The lowest BCUT2D eigenvalue weighted by Crippen LogP contribution is -2.51. The minimum atomic E-state index is 0.472. The third-order valence-corrected chi connectivity index (χ3v) is 5.88. The average molecular weight is 273 g/mol. The van der Waals surface area contributed by atoms with Crippen molar-refractivity contribution < 1.29 is 0 Å². The van der Waals surface area contributed by atoms with Gasteiger partial charge in [0.1, 0.15) is 0 Å². The molecule has 0 aromatic carbocycles. The van der Waals surface area contributed by atoms with Crippen molar-refractivity contribution in [3.05, 3.63) is 0 Å². The third kappa shape index (κ3) is 4.75. The smallest absolute Gasteiger partial charge is 0.0279 e. The second-order valence-corrected chi connectivity index (χ2v) is 7.26. The molecule has 1 fully saturated rings. The number of hydrogen-bond donors (Lipinski definition) is 1. The Morgan fingerprint density at radius 1 is 1.33 bits per heavy atom. The van der Waals surface area contributed by atoms with Crippen LogP contribution in [0.25, 0.3) is 0 Å². The van der Waals surface area contributed by atoms with Crippen molar-refractivity contribution in [3.63, 3.8) is 0 Å². The maximum absolute atomic E-state index is 3.70. The highest BCUT2D eigenvalue weighted by Gasteiger charge is 2.30. The standard InChI is InChI=1S/C15H32N2S/c1-6-15(7-2,18-5)12-17-10-8-9-14(11-17)16-13(3)4/h13-14,16H,6-12H2,1-5H3. The summed E-state index contributed by atoms with van der Waals surface area (Å²) in [6.45, 7) is 13.0. The van der Waals surface area contributed by atoms with Crippen molar-refractivity contribution >= 4 is 11.8 Å². The second kappa shape index (κ2) is 7.76. The van der Waals surface area contributed by atoms with Crippen LogP contribution in [0.3, 0.4) is 0 Å². The van der Waals surface area contributed by atoms with Crippen LogP contribution in [0, 0.1) is 0 Å². The molecule has 3 heteroatoms. The molecule has 1 aliphatic heterocycles. The van der Waals surface area contributed by atoms with Gasteiger partial charge >= 0.3 is 0 Å². The van der Waals surface area contributed by atoms with Gasteiger partial charge in [-0.15, -0.1) is 0 Å². The molecule has 108 valence electrons. The molecule has 1 atom stereocenters. The summed E-state index contributed by atoms with van der Waals surface area (Å²) < 4.78 is 0.472. The van der Waals surface area contributed by atoms with Gasteiger partial charge in [-0.05, 0) is 38.5 Å². The van der Waals surface area contributed by atoms with Gasteiger partial charge in [0, 0.05) is 29.9 Å². The van der Waals surface area contributed by atoms with Crippen LogP contribution in [0.5, 0.6) is 0 Å². The Hall–Kier alpha value is 0.270. The van der Waals surface area contributed by atoms with Crippen LogP contribution in [0.4, 0.5) is 0 Å². The molecule has 0 aromatic rings. The molecule has 1 aliphatic rings. The predicted molar refractivity (Wildman–Crippen MR) is 84.6 cm³/mol. The number of hydrogen-bond acceptors (Lipinski definition) is 3. The van der Waals surface area contributed by atoms with E-state index in [-0.39, 0.29) is 0 Å². The topological polar surface area (TPSA) is 15.3 Å². The molecule has 0 aromatic heterocycles. The van der Waals surface area contributed by atoms with Crippen molar-refractivity contribution in [1.29, 1.82) is 0 Å². The summed E-state index contributed by atoms with van der Waals surface area (Å²) in [5.41, 5.74) is 0. The summed E-state index contributed by atoms with van der Waals surface area (Å²) >= 11 is 2.06. The highest BCUT2D eigenvalue weighted by atomic mass is 32.2. The molecule has 1 rings (SSSR count). The first-order chi connectivity index (χ1) is 8.55. The van der Waals surface area contributed by atoms with Crippen LogP contribution in [0.2, 0.25) is 0 Å². The van der Waals surface area contributed by atoms with Crippen LogP contribution >= 0.6 is 11.8 Å². The molecule has 1 saturated heterocycles. The Labute approximate surface area is 118 Å². The van der Waals surface area contributed by atoms with E-state index in [0.29, 0.717) is 16.8 Å². The summed E-state index contributed by atoms with van der Waals surface area (Å²) in [5, 5.41) is 3.70. The Kier molecular flexibility index (Phi) is 7.04. The first-order valence-electron chi connectivity index (χ1n) is 7.58. The van der Waals surface area contributed by atoms with E-state index in [1.54, 1.807) is 0 Å². The molecule has 0 radical (unpaired) electrons. The molecule has 0 amide bonds. The van der Waals surface area contributed by atoms with Crippen LogP contribution in [0.15, 0.2) is 0 Å².